The van der Waals surface area contributed by atoms with Crippen LogP contribution in [-0.2, 0) is 10.0 Å². The molecule has 0 aliphatic rings. The van der Waals surface area contributed by atoms with Gasteiger partial charge in [0.25, 0.3) is 10.0 Å². The Bertz CT molecular complexity index is 737. The lowest BCUT2D eigenvalue weighted by atomic mass is 10.3. The smallest absolute Gasteiger partial charge is 0.265 e. The normalized spacial score (nSPS) is 11.2. The van der Waals surface area contributed by atoms with Crippen molar-refractivity contribution in [3.8, 4) is 0 Å². The Morgan fingerprint density at radius 2 is 1.95 bits per heavy atom. The van der Waals surface area contributed by atoms with Crippen LogP contribution in [-0.4, -0.2) is 13.4 Å². The summed E-state index contributed by atoms with van der Waals surface area (Å²) in [5.74, 6) is 5.35. The first-order valence-corrected chi connectivity index (χ1v) is 8.40. The van der Waals surface area contributed by atoms with E-state index in [0.29, 0.717) is 10.2 Å². The molecule has 2 rings (SSSR count). The lowest BCUT2D eigenvalue weighted by molar-refractivity contribution is 0.601. The summed E-state index contributed by atoms with van der Waals surface area (Å²) in [6, 6.07) is 8.10. The number of hydrogen-bond acceptors (Lipinski definition) is 5. The fourth-order valence-electron chi connectivity index (χ4n) is 1.49. The number of hydrazine groups is 1. The van der Waals surface area contributed by atoms with Crippen molar-refractivity contribution in [1.29, 1.82) is 0 Å². The van der Waals surface area contributed by atoms with E-state index >= 15 is 0 Å². The Morgan fingerprint density at radius 1 is 1.20 bits per heavy atom. The van der Waals surface area contributed by atoms with Gasteiger partial charge in [0, 0.05) is 15.1 Å². The first-order chi connectivity index (χ1) is 9.44. The van der Waals surface area contributed by atoms with Crippen LogP contribution in [0, 0.1) is 0 Å². The molecule has 9 heteroatoms. The van der Waals surface area contributed by atoms with Crippen LogP contribution in [0.1, 0.15) is 0 Å². The molecule has 1 aromatic carbocycles. The predicted octanol–water partition coefficient (Wildman–Crippen LogP) is 2.69. The Morgan fingerprint density at radius 3 is 2.65 bits per heavy atom. The van der Waals surface area contributed by atoms with Crippen LogP contribution in [0.4, 0.5) is 11.5 Å². The molecule has 20 heavy (non-hydrogen) atoms. The second kappa shape index (κ2) is 6.08. The Labute approximate surface area is 133 Å². The third-order valence-electron chi connectivity index (χ3n) is 2.37. The molecular weight excluding hydrogens is 412 g/mol. The Hall–Kier alpha value is -1.16. The number of pyridine rings is 1. The number of halogens is 2. The zero-order chi connectivity index (χ0) is 14.8. The SMILES string of the molecule is NNc1ncccc1S(=O)(=O)Nc1cc(Br)ccc1Br. The van der Waals surface area contributed by atoms with E-state index in [4.69, 9.17) is 5.84 Å². The highest BCUT2D eigenvalue weighted by molar-refractivity contribution is 9.11. The van der Waals surface area contributed by atoms with Crippen LogP contribution in [0.2, 0.25) is 0 Å². The molecule has 0 saturated carbocycles. The van der Waals surface area contributed by atoms with E-state index in [9.17, 15) is 8.42 Å². The van der Waals surface area contributed by atoms with Crippen molar-refractivity contribution in [3.05, 3.63) is 45.5 Å². The van der Waals surface area contributed by atoms with E-state index in [0.717, 1.165) is 4.47 Å². The maximum Gasteiger partial charge on any atom is 0.265 e. The molecule has 0 spiro atoms. The number of rotatable bonds is 4. The molecule has 0 amide bonds. The maximum atomic E-state index is 12.4. The summed E-state index contributed by atoms with van der Waals surface area (Å²) in [5, 5.41) is 0. The quantitative estimate of drug-likeness (QED) is 0.520. The summed E-state index contributed by atoms with van der Waals surface area (Å²) < 4.78 is 28.6. The second-order valence-corrected chi connectivity index (χ2v) is 7.14. The van der Waals surface area contributed by atoms with Crippen LogP contribution < -0.4 is 16.0 Å². The summed E-state index contributed by atoms with van der Waals surface area (Å²) in [5.41, 5.74) is 2.67. The van der Waals surface area contributed by atoms with Gasteiger partial charge in [-0.25, -0.2) is 19.2 Å². The van der Waals surface area contributed by atoms with Gasteiger partial charge in [0.2, 0.25) is 0 Å². The molecule has 2 aromatic rings. The first kappa shape index (κ1) is 15.2. The van der Waals surface area contributed by atoms with Crippen LogP contribution in [0.15, 0.2) is 50.4 Å². The second-order valence-electron chi connectivity index (χ2n) is 3.72. The standard InChI is InChI=1S/C11H10Br2N4O2S/c12-7-3-4-8(13)9(6-7)17-20(18,19)10-2-1-5-15-11(10)16-14/h1-6,17H,14H2,(H,15,16). The van der Waals surface area contributed by atoms with E-state index in [1.807, 2.05) is 0 Å². The van der Waals surface area contributed by atoms with E-state index in [-0.39, 0.29) is 10.7 Å². The molecule has 1 aromatic heterocycles. The molecule has 0 bridgehead atoms. The number of hydrogen-bond donors (Lipinski definition) is 3. The minimum atomic E-state index is -3.80. The molecule has 0 unspecified atom stereocenters. The molecule has 0 radical (unpaired) electrons. The van der Waals surface area contributed by atoms with E-state index in [1.54, 1.807) is 18.2 Å². The van der Waals surface area contributed by atoms with Gasteiger partial charge in [0.05, 0.1) is 5.69 Å². The van der Waals surface area contributed by atoms with Crippen LogP contribution in [0.3, 0.4) is 0 Å². The number of nitrogens with one attached hydrogen (secondary N) is 2. The molecule has 6 nitrogen and oxygen atoms in total. The summed E-state index contributed by atoms with van der Waals surface area (Å²) in [6.45, 7) is 0. The molecule has 1 heterocycles. The molecule has 0 saturated heterocycles. The van der Waals surface area contributed by atoms with Gasteiger partial charge in [-0.05, 0) is 46.3 Å². The van der Waals surface area contributed by atoms with Crippen LogP contribution >= 0.6 is 31.9 Å². The highest BCUT2D eigenvalue weighted by Gasteiger charge is 2.20. The number of sulfonamides is 1. The summed E-state index contributed by atoms with van der Waals surface area (Å²) in [7, 11) is -3.80. The number of nitrogen functional groups attached to an aromatic ring is 1. The van der Waals surface area contributed by atoms with Gasteiger partial charge in [-0.2, -0.15) is 0 Å². The van der Waals surface area contributed by atoms with Gasteiger partial charge in [-0.1, -0.05) is 15.9 Å². The van der Waals surface area contributed by atoms with Crippen molar-refractivity contribution in [2.75, 3.05) is 10.1 Å². The van der Waals surface area contributed by atoms with Crippen molar-refractivity contribution in [1.82, 2.24) is 4.98 Å². The number of benzene rings is 1. The highest BCUT2D eigenvalue weighted by Crippen LogP contribution is 2.29. The van der Waals surface area contributed by atoms with E-state index in [2.05, 4.69) is 47.0 Å². The third-order valence-corrected chi connectivity index (χ3v) is 4.95. The topological polar surface area (TPSA) is 97.1 Å². The monoisotopic (exact) mass is 420 g/mol. The third kappa shape index (κ3) is 3.29. The zero-order valence-electron chi connectivity index (χ0n) is 9.97. The number of nitrogens with two attached hydrogens (primary N) is 1. The molecule has 0 fully saturated rings. The molecular formula is C11H10Br2N4O2S. The Kier molecular flexibility index (Phi) is 4.63. The van der Waals surface area contributed by atoms with Crippen molar-refractivity contribution in [2.45, 2.75) is 4.90 Å². The molecule has 0 atom stereocenters. The van der Waals surface area contributed by atoms with Gasteiger partial charge >= 0.3 is 0 Å². The van der Waals surface area contributed by atoms with Crippen molar-refractivity contribution in [3.63, 3.8) is 0 Å². The van der Waals surface area contributed by atoms with E-state index < -0.39 is 10.0 Å². The average Bonchev–Trinajstić information content (AvgIpc) is 2.42. The van der Waals surface area contributed by atoms with Gasteiger partial charge < -0.3 is 5.43 Å². The lowest BCUT2D eigenvalue weighted by Crippen LogP contribution is -2.18. The fourth-order valence-corrected chi connectivity index (χ4v) is 3.52. The summed E-state index contributed by atoms with van der Waals surface area (Å²) in [4.78, 5) is 3.84. The number of anilines is 2. The van der Waals surface area contributed by atoms with Gasteiger partial charge in [0.15, 0.2) is 5.82 Å². The fraction of sp³-hybridized carbons (Fsp3) is 0. The molecule has 106 valence electrons. The van der Waals surface area contributed by atoms with Gasteiger partial charge in [-0.3, -0.25) is 4.72 Å². The lowest BCUT2D eigenvalue weighted by Gasteiger charge is -2.12. The number of aromatic nitrogens is 1. The highest BCUT2D eigenvalue weighted by atomic mass is 79.9. The predicted molar refractivity (Wildman–Crippen MR) is 84.7 cm³/mol. The van der Waals surface area contributed by atoms with Gasteiger partial charge in [0.1, 0.15) is 4.90 Å². The van der Waals surface area contributed by atoms with Crippen LogP contribution in [0.5, 0.6) is 0 Å². The summed E-state index contributed by atoms with van der Waals surface area (Å²) >= 11 is 6.58. The minimum absolute atomic E-state index is 0.0330. The van der Waals surface area contributed by atoms with Crippen molar-refractivity contribution < 1.29 is 8.42 Å². The largest absolute Gasteiger partial charge is 0.307 e. The van der Waals surface area contributed by atoms with Gasteiger partial charge in [-0.15, -0.1) is 0 Å². The summed E-state index contributed by atoms with van der Waals surface area (Å²) in [6.07, 6.45) is 1.45. The van der Waals surface area contributed by atoms with E-state index in [1.165, 1.54) is 18.3 Å². The van der Waals surface area contributed by atoms with Crippen molar-refractivity contribution >= 4 is 53.4 Å². The first-order valence-electron chi connectivity index (χ1n) is 5.33. The molecule has 0 aliphatic carbocycles. The minimum Gasteiger partial charge on any atom is -0.307 e. The Balaban J connectivity index is 2.43. The molecule has 0 aliphatic heterocycles. The maximum absolute atomic E-state index is 12.4. The zero-order valence-corrected chi connectivity index (χ0v) is 14.0. The van der Waals surface area contributed by atoms with Crippen molar-refractivity contribution in [2.24, 2.45) is 5.84 Å². The molecule has 4 N–H and O–H groups in total. The van der Waals surface area contributed by atoms with Crippen LogP contribution in [0.25, 0.3) is 0 Å². The number of nitrogens with zero attached hydrogens (tertiary/aromatic N) is 1. The average molecular weight is 422 g/mol.